The lowest BCUT2D eigenvalue weighted by Crippen LogP contribution is -2.39. The van der Waals surface area contributed by atoms with E-state index in [0.29, 0.717) is 18.6 Å². The average molecular weight is 370 g/mol. The van der Waals surface area contributed by atoms with Gasteiger partial charge < -0.3 is 15.4 Å². The first kappa shape index (κ1) is 18.1. The minimum atomic E-state index is -0.430. The largest absolute Gasteiger partial charge is 0.371 e. The van der Waals surface area contributed by atoms with Crippen LogP contribution in [0.4, 0.5) is 10.1 Å². The Morgan fingerprint density at radius 3 is 2.67 bits per heavy atom. The Labute approximate surface area is 157 Å². The molecule has 2 fully saturated rings. The molecule has 2 aromatic carbocycles. The molecule has 3 atom stereocenters. The third kappa shape index (κ3) is 4.17. The monoisotopic (exact) mass is 370 g/mol. The van der Waals surface area contributed by atoms with Crippen LogP contribution in [0.1, 0.15) is 29.7 Å². The molecular weight excluding hydrogens is 347 g/mol. The van der Waals surface area contributed by atoms with Crippen molar-refractivity contribution in [2.45, 2.75) is 24.6 Å². The molecule has 2 aliphatic rings. The molecular formula is C20H23FN4O2. The second-order valence-electron chi connectivity index (χ2n) is 6.83. The molecule has 2 aromatic rings. The summed E-state index contributed by atoms with van der Waals surface area (Å²) in [5, 5.41) is 6.21. The summed E-state index contributed by atoms with van der Waals surface area (Å²) in [6.07, 6.45) is 0.526. The van der Waals surface area contributed by atoms with Crippen LogP contribution >= 0.6 is 0 Å². The molecule has 6 nitrogen and oxygen atoms in total. The number of carbonyl (C=O) groups excluding carboxylic acids is 1. The Balaban J connectivity index is 1.35. The van der Waals surface area contributed by atoms with Gasteiger partial charge in [0.2, 0.25) is 5.91 Å². The Morgan fingerprint density at radius 2 is 1.93 bits per heavy atom. The number of nitrogens with one attached hydrogen (secondary N) is 4. The summed E-state index contributed by atoms with van der Waals surface area (Å²) in [5.41, 5.74) is 8.34. The van der Waals surface area contributed by atoms with E-state index in [9.17, 15) is 9.18 Å². The zero-order chi connectivity index (χ0) is 18.6. The van der Waals surface area contributed by atoms with Crippen molar-refractivity contribution in [3.8, 4) is 0 Å². The number of ether oxygens (including phenoxy) is 1. The van der Waals surface area contributed by atoms with Gasteiger partial charge in [-0.05, 0) is 30.2 Å². The third-order valence-corrected chi connectivity index (χ3v) is 4.98. The van der Waals surface area contributed by atoms with Gasteiger partial charge in [-0.2, -0.15) is 0 Å². The van der Waals surface area contributed by atoms with Crippen molar-refractivity contribution in [1.82, 2.24) is 16.2 Å². The van der Waals surface area contributed by atoms with Crippen LogP contribution in [0.2, 0.25) is 0 Å². The molecule has 142 valence electrons. The molecule has 4 N–H and O–H groups in total. The third-order valence-electron chi connectivity index (χ3n) is 4.98. The number of hydrogen-bond donors (Lipinski definition) is 4. The first-order chi connectivity index (χ1) is 13.2. The van der Waals surface area contributed by atoms with E-state index in [1.54, 1.807) is 18.2 Å². The first-order valence-electron chi connectivity index (χ1n) is 9.19. The minimum Gasteiger partial charge on any atom is -0.371 e. The van der Waals surface area contributed by atoms with Crippen molar-refractivity contribution in [2.75, 3.05) is 25.0 Å². The van der Waals surface area contributed by atoms with Gasteiger partial charge in [-0.3, -0.25) is 4.79 Å². The van der Waals surface area contributed by atoms with Crippen molar-refractivity contribution in [2.24, 2.45) is 0 Å². The number of hydrogen-bond acceptors (Lipinski definition) is 5. The van der Waals surface area contributed by atoms with E-state index >= 15 is 0 Å². The molecule has 2 saturated heterocycles. The van der Waals surface area contributed by atoms with Gasteiger partial charge in [0.05, 0.1) is 18.8 Å². The van der Waals surface area contributed by atoms with Crippen LogP contribution in [0.25, 0.3) is 0 Å². The second kappa shape index (κ2) is 8.14. The van der Waals surface area contributed by atoms with Crippen molar-refractivity contribution in [3.05, 3.63) is 65.5 Å². The topological polar surface area (TPSA) is 74.4 Å². The maximum Gasteiger partial charge on any atom is 0.242 e. The number of carbonyl (C=O) groups is 1. The standard InChI is InChI=1S/C20H23FN4O2/c21-16-4-2-1-3-15(16)17-11-18(25-24-17)20(26)23-14-7-5-13(6-8-14)19-12-22-9-10-27-19/h1-8,17-19,22,24-25H,9-12H2,(H,23,26)/t17?,18?,19-/m1/s1. The van der Waals surface area contributed by atoms with Crippen LogP contribution < -0.4 is 21.5 Å². The molecule has 2 unspecified atom stereocenters. The van der Waals surface area contributed by atoms with E-state index in [0.717, 1.165) is 24.3 Å². The van der Waals surface area contributed by atoms with Gasteiger partial charge in [0.15, 0.2) is 0 Å². The summed E-state index contributed by atoms with van der Waals surface area (Å²) >= 11 is 0. The molecule has 7 heteroatoms. The van der Waals surface area contributed by atoms with Crippen LogP contribution in [0.3, 0.4) is 0 Å². The number of anilines is 1. The molecule has 1 amide bonds. The number of rotatable bonds is 4. The van der Waals surface area contributed by atoms with E-state index in [-0.39, 0.29) is 23.9 Å². The highest BCUT2D eigenvalue weighted by molar-refractivity contribution is 5.95. The van der Waals surface area contributed by atoms with Gasteiger partial charge in [-0.15, -0.1) is 0 Å². The molecule has 27 heavy (non-hydrogen) atoms. The smallest absolute Gasteiger partial charge is 0.242 e. The summed E-state index contributed by atoms with van der Waals surface area (Å²) < 4.78 is 19.7. The number of halogens is 1. The Hall–Kier alpha value is -2.32. The molecule has 0 spiro atoms. The number of benzene rings is 2. The summed E-state index contributed by atoms with van der Waals surface area (Å²) in [7, 11) is 0. The number of amides is 1. The van der Waals surface area contributed by atoms with E-state index in [1.807, 2.05) is 24.3 Å². The summed E-state index contributed by atoms with van der Waals surface area (Å²) in [5.74, 6) is -0.419. The van der Waals surface area contributed by atoms with Crippen LogP contribution in [0, 0.1) is 5.82 Å². The van der Waals surface area contributed by atoms with Gasteiger partial charge in [0.1, 0.15) is 11.9 Å². The van der Waals surface area contributed by atoms with Gasteiger partial charge in [0.25, 0.3) is 0 Å². The zero-order valence-electron chi connectivity index (χ0n) is 14.9. The van der Waals surface area contributed by atoms with E-state index in [4.69, 9.17) is 4.74 Å². The second-order valence-corrected chi connectivity index (χ2v) is 6.83. The van der Waals surface area contributed by atoms with E-state index < -0.39 is 6.04 Å². The summed E-state index contributed by atoms with van der Waals surface area (Å²) in [4.78, 5) is 12.5. The quantitative estimate of drug-likeness (QED) is 0.663. The van der Waals surface area contributed by atoms with E-state index in [1.165, 1.54) is 6.07 Å². The molecule has 0 radical (unpaired) electrons. The van der Waals surface area contributed by atoms with Crippen LogP contribution in [0.15, 0.2) is 48.5 Å². The Bertz CT molecular complexity index is 793. The van der Waals surface area contributed by atoms with Crippen LogP contribution in [0.5, 0.6) is 0 Å². The highest BCUT2D eigenvalue weighted by Crippen LogP contribution is 2.25. The van der Waals surface area contributed by atoms with Gasteiger partial charge >= 0.3 is 0 Å². The van der Waals surface area contributed by atoms with Crippen molar-refractivity contribution in [3.63, 3.8) is 0 Å². The fraction of sp³-hybridized carbons (Fsp3) is 0.350. The maximum absolute atomic E-state index is 13.9. The van der Waals surface area contributed by atoms with Crippen LogP contribution in [-0.4, -0.2) is 31.6 Å². The molecule has 2 heterocycles. The predicted octanol–water partition coefficient (Wildman–Crippen LogP) is 2.03. The highest BCUT2D eigenvalue weighted by Gasteiger charge is 2.31. The predicted molar refractivity (Wildman–Crippen MR) is 100 cm³/mol. The molecule has 0 aromatic heterocycles. The molecule has 0 saturated carbocycles. The first-order valence-corrected chi connectivity index (χ1v) is 9.19. The number of hydrazine groups is 1. The Morgan fingerprint density at radius 1 is 1.11 bits per heavy atom. The minimum absolute atomic E-state index is 0.0470. The van der Waals surface area contributed by atoms with Crippen molar-refractivity contribution in [1.29, 1.82) is 0 Å². The molecule has 4 rings (SSSR count). The number of morpholine rings is 1. The average Bonchev–Trinajstić information content (AvgIpc) is 3.20. The fourth-order valence-electron chi connectivity index (χ4n) is 3.48. The SMILES string of the molecule is O=C(Nc1ccc([C@H]2CNCCO2)cc1)C1CC(c2ccccc2F)NN1. The summed E-state index contributed by atoms with van der Waals surface area (Å²) in [6.45, 7) is 2.37. The van der Waals surface area contributed by atoms with Gasteiger partial charge in [0, 0.05) is 24.3 Å². The normalized spacial score (nSPS) is 25.3. The lowest BCUT2D eigenvalue weighted by molar-refractivity contribution is -0.117. The van der Waals surface area contributed by atoms with Gasteiger partial charge in [-0.25, -0.2) is 15.2 Å². The maximum atomic E-state index is 13.9. The highest BCUT2D eigenvalue weighted by atomic mass is 19.1. The molecule has 2 aliphatic heterocycles. The van der Waals surface area contributed by atoms with Crippen molar-refractivity contribution < 1.29 is 13.9 Å². The Kier molecular flexibility index (Phi) is 5.45. The zero-order valence-corrected chi connectivity index (χ0v) is 14.9. The van der Waals surface area contributed by atoms with Crippen LogP contribution in [-0.2, 0) is 9.53 Å². The molecule has 0 aliphatic carbocycles. The van der Waals surface area contributed by atoms with Gasteiger partial charge in [-0.1, -0.05) is 30.3 Å². The fourth-order valence-corrected chi connectivity index (χ4v) is 3.48. The lowest BCUT2D eigenvalue weighted by atomic mass is 10.0. The van der Waals surface area contributed by atoms with Crippen molar-refractivity contribution >= 4 is 11.6 Å². The summed E-state index contributed by atoms with van der Waals surface area (Å²) in [6, 6.07) is 13.6. The lowest BCUT2D eigenvalue weighted by Gasteiger charge is -2.24. The van der Waals surface area contributed by atoms with E-state index in [2.05, 4.69) is 21.5 Å². The molecule has 0 bridgehead atoms.